The summed E-state index contributed by atoms with van der Waals surface area (Å²) in [5, 5.41) is 11.5. The topological polar surface area (TPSA) is 92.4 Å². The average Bonchev–Trinajstić information content (AvgIpc) is 2.16. The van der Waals surface area contributed by atoms with Crippen molar-refractivity contribution >= 4 is 17.6 Å². The molecule has 1 aromatic carbocycles. The van der Waals surface area contributed by atoms with Crippen LogP contribution in [0.1, 0.15) is 22.8 Å². The lowest BCUT2D eigenvalue weighted by atomic mass is 10.1. The van der Waals surface area contributed by atoms with Crippen molar-refractivity contribution in [2.24, 2.45) is 5.73 Å². The molecular weight excluding hydrogens is 208 g/mol. The summed E-state index contributed by atoms with van der Waals surface area (Å²) >= 11 is 0. The standard InChI is InChI=1S/C11H14N2O3/c1-6-5-8(13-7(2)11(15)16)3-4-9(6)10(12)14/h3-5,7,13H,1-2H3,(H2,12,14)(H,15,16). The number of hydrogen-bond acceptors (Lipinski definition) is 3. The molecule has 0 bridgehead atoms. The molecule has 0 saturated carbocycles. The largest absolute Gasteiger partial charge is 0.480 e. The van der Waals surface area contributed by atoms with E-state index in [1.54, 1.807) is 32.0 Å². The number of carbonyl (C=O) groups is 2. The lowest BCUT2D eigenvalue weighted by Gasteiger charge is -2.12. The Morgan fingerprint density at radius 1 is 1.44 bits per heavy atom. The van der Waals surface area contributed by atoms with Gasteiger partial charge in [-0.15, -0.1) is 0 Å². The first-order valence-corrected chi connectivity index (χ1v) is 4.81. The smallest absolute Gasteiger partial charge is 0.325 e. The van der Waals surface area contributed by atoms with E-state index < -0.39 is 17.9 Å². The van der Waals surface area contributed by atoms with E-state index in [2.05, 4.69) is 5.32 Å². The molecule has 0 fully saturated rings. The maximum atomic E-state index is 11.0. The molecule has 1 rings (SSSR count). The summed E-state index contributed by atoms with van der Waals surface area (Å²) in [6.07, 6.45) is 0. The number of nitrogens with two attached hydrogens (primary N) is 1. The molecule has 0 aliphatic heterocycles. The average molecular weight is 222 g/mol. The summed E-state index contributed by atoms with van der Waals surface area (Å²) in [4.78, 5) is 21.6. The van der Waals surface area contributed by atoms with Gasteiger partial charge < -0.3 is 16.2 Å². The van der Waals surface area contributed by atoms with E-state index >= 15 is 0 Å². The van der Waals surface area contributed by atoms with Crippen molar-refractivity contribution in [1.29, 1.82) is 0 Å². The van der Waals surface area contributed by atoms with Gasteiger partial charge in [-0.2, -0.15) is 0 Å². The van der Waals surface area contributed by atoms with Crippen molar-refractivity contribution in [3.8, 4) is 0 Å². The molecule has 0 spiro atoms. The molecule has 1 amide bonds. The second kappa shape index (κ2) is 4.65. The van der Waals surface area contributed by atoms with Gasteiger partial charge in [0.25, 0.3) is 0 Å². The van der Waals surface area contributed by atoms with E-state index in [1.165, 1.54) is 0 Å². The Kier molecular flexibility index (Phi) is 3.50. The molecule has 0 aliphatic carbocycles. The summed E-state index contributed by atoms with van der Waals surface area (Å²) in [6.45, 7) is 3.29. The number of primary amides is 1. The number of nitrogens with one attached hydrogen (secondary N) is 1. The van der Waals surface area contributed by atoms with Crippen LogP contribution in [0.5, 0.6) is 0 Å². The van der Waals surface area contributed by atoms with Gasteiger partial charge >= 0.3 is 5.97 Å². The van der Waals surface area contributed by atoms with Gasteiger partial charge in [-0.25, -0.2) is 0 Å². The number of anilines is 1. The summed E-state index contributed by atoms with van der Waals surface area (Å²) in [6, 6.07) is 4.22. The minimum Gasteiger partial charge on any atom is -0.480 e. The molecule has 0 aromatic heterocycles. The first-order chi connectivity index (χ1) is 7.41. The van der Waals surface area contributed by atoms with Crippen LogP contribution in [0.25, 0.3) is 0 Å². The minimum absolute atomic E-state index is 0.438. The molecule has 1 unspecified atom stereocenters. The van der Waals surface area contributed by atoms with E-state index in [-0.39, 0.29) is 0 Å². The molecule has 0 aliphatic rings. The zero-order valence-electron chi connectivity index (χ0n) is 9.15. The number of carbonyl (C=O) groups excluding carboxylic acids is 1. The van der Waals surface area contributed by atoms with Gasteiger partial charge in [-0.1, -0.05) is 0 Å². The lowest BCUT2D eigenvalue weighted by molar-refractivity contribution is -0.137. The normalized spacial score (nSPS) is 11.9. The van der Waals surface area contributed by atoms with Crippen LogP contribution >= 0.6 is 0 Å². The Labute approximate surface area is 93.3 Å². The van der Waals surface area contributed by atoms with Crippen molar-refractivity contribution in [2.75, 3.05) is 5.32 Å². The maximum absolute atomic E-state index is 11.0. The van der Waals surface area contributed by atoms with E-state index in [9.17, 15) is 9.59 Å². The van der Waals surface area contributed by atoms with Crippen LogP contribution in [0, 0.1) is 6.92 Å². The van der Waals surface area contributed by atoms with Crippen LogP contribution in [0.4, 0.5) is 5.69 Å². The highest BCUT2D eigenvalue weighted by Crippen LogP contribution is 2.15. The van der Waals surface area contributed by atoms with Crippen molar-refractivity contribution in [1.82, 2.24) is 0 Å². The van der Waals surface area contributed by atoms with Crippen molar-refractivity contribution in [3.63, 3.8) is 0 Å². The molecule has 5 heteroatoms. The fraction of sp³-hybridized carbons (Fsp3) is 0.273. The number of hydrogen-bond donors (Lipinski definition) is 3. The Hall–Kier alpha value is -2.04. The summed E-state index contributed by atoms with van der Waals surface area (Å²) in [5.41, 5.74) is 6.97. The molecule has 0 radical (unpaired) electrons. The van der Waals surface area contributed by atoms with Gasteiger partial charge in [0.15, 0.2) is 0 Å². The lowest BCUT2D eigenvalue weighted by Crippen LogP contribution is -2.25. The monoisotopic (exact) mass is 222 g/mol. The number of rotatable bonds is 4. The van der Waals surface area contributed by atoms with Gasteiger partial charge in [-0.3, -0.25) is 9.59 Å². The fourth-order valence-electron chi connectivity index (χ4n) is 1.34. The van der Waals surface area contributed by atoms with Crippen molar-refractivity contribution in [3.05, 3.63) is 29.3 Å². The Morgan fingerprint density at radius 3 is 2.50 bits per heavy atom. The van der Waals surface area contributed by atoms with Crippen LogP contribution in [0.3, 0.4) is 0 Å². The van der Waals surface area contributed by atoms with Crippen molar-refractivity contribution in [2.45, 2.75) is 19.9 Å². The van der Waals surface area contributed by atoms with Gasteiger partial charge in [0.2, 0.25) is 5.91 Å². The molecule has 1 aromatic rings. The third kappa shape index (κ3) is 2.73. The molecule has 16 heavy (non-hydrogen) atoms. The van der Waals surface area contributed by atoms with Crippen LogP contribution in [0.15, 0.2) is 18.2 Å². The number of benzene rings is 1. The van der Waals surface area contributed by atoms with Crippen LogP contribution in [-0.2, 0) is 4.79 Å². The Balaban J connectivity index is 2.89. The molecule has 86 valence electrons. The van der Waals surface area contributed by atoms with Gasteiger partial charge in [0.05, 0.1) is 0 Å². The van der Waals surface area contributed by atoms with E-state index in [0.29, 0.717) is 11.3 Å². The fourth-order valence-corrected chi connectivity index (χ4v) is 1.34. The predicted molar refractivity (Wildman–Crippen MR) is 60.4 cm³/mol. The molecule has 5 nitrogen and oxygen atoms in total. The second-order valence-electron chi connectivity index (χ2n) is 3.60. The predicted octanol–water partition coefficient (Wildman–Crippen LogP) is 0.979. The third-order valence-corrected chi connectivity index (χ3v) is 2.25. The molecule has 0 saturated heterocycles. The first kappa shape index (κ1) is 12.0. The minimum atomic E-state index is -0.934. The molecular formula is C11H14N2O3. The summed E-state index contributed by atoms with van der Waals surface area (Å²) < 4.78 is 0. The number of aliphatic carboxylic acids is 1. The number of carboxylic acids is 1. The van der Waals surface area contributed by atoms with Crippen LogP contribution in [0.2, 0.25) is 0 Å². The van der Waals surface area contributed by atoms with Gasteiger partial charge in [-0.05, 0) is 37.6 Å². The van der Waals surface area contributed by atoms with Gasteiger partial charge in [0.1, 0.15) is 6.04 Å². The zero-order chi connectivity index (χ0) is 12.3. The Morgan fingerprint density at radius 2 is 2.06 bits per heavy atom. The number of amides is 1. The van der Waals surface area contributed by atoms with Crippen LogP contribution < -0.4 is 11.1 Å². The molecule has 4 N–H and O–H groups in total. The summed E-state index contributed by atoms with van der Waals surface area (Å²) in [7, 11) is 0. The van der Waals surface area contributed by atoms with E-state index in [1.807, 2.05) is 0 Å². The van der Waals surface area contributed by atoms with E-state index in [4.69, 9.17) is 10.8 Å². The maximum Gasteiger partial charge on any atom is 0.325 e. The number of aryl methyl sites for hydroxylation is 1. The Bertz CT molecular complexity index is 429. The second-order valence-corrected chi connectivity index (χ2v) is 3.60. The first-order valence-electron chi connectivity index (χ1n) is 4.81. The number of carboxylic acid groups (broad SMARTS) is 1. The van der Waals surface area contributed by atoms with Gasteiger partial charge in [0, 0.05) is 11.3 Å². The molecule has 0 heterocycles. The third-order valence-electron chi connectivity index (χ3n) is 2.25. The highest BCUT2D eigenvalue weighted by molar-refractivity contribution is 5.94. The van der Waals surface area contributed by atoms with E-state index in [0.717, 1.165) is 5.56 Å². The van der Waals surface area contributed by atoms with Crippen molar-refractivity contribution < 1.29 is 14.7 Å². The highest BCUT2D eigenvalue weighted by atomic mass is 16.4. The zero-order valence-corrected chi connectivity index (χ0v) is 9.15. The SMILES string of the molecule is Cc1cc(NC(C)C(=O)O)ccc1C(N)=O. The highest BCUT2D eigenvalue weighted by Gasteiger charge is 2.11. The quantitative estimate of drug-likeness (QED) is 0.708. The molecule has 1 atom stereocenters. The summed E-state index contributed by atoms with van der Waals surface area (Å²) in [5.74, 6) is -1.42. The van der Waals surface area contributed by atoms with Crippen LogP contribution in [-0.4, -0.2) is 23.0 Å².